The Morgan fingerprint density at radius 3 is 2.73 bits per heavy atom. The number of nitrogens with zero attached hydrogens (tertiary/aromatic N) is 1. The predicted molar refractivity (Wildman–Crippen MR) is 95.6 cm³/mol. The molecule has 1 aliphatic rings. The minimum Gasteiger partial charge on any atom is -0.456 e. The summed E-state index contributed by atoms with van der Waals surface area (Å²) >= 11 is 0. The molecule has 1 aliphatic carbocycles. The number of benzene rings is 1. The quantitative estimate of drug-likeness (QED) is 0.798. The van der Waals surface area contributed by atoms with Gasteiger partial charge in [-0.05, 0) is 43.7 Å². The van der Waals surface area contributed by atoms with Crippen molar-refractivity contribution in [2.75, 3.05) is 6.61 Å². The number of esters is 1. The Balaban J connectivity index is 1.43. The first kappa shape index (κ1) is 18.2. The molecule has 1 amide bonds. The fourth-order valence-corrected chi connectivity index (χ4v) is 3.32. The molecule has 140 valence electrons. The van der Waals surface area contributed by atoms with Gasteiger partial charge in [0.15, 0.2) is 12.2 Å². The van der Waals surface area contributed by atoms with Gasteiger partial charge in [-0.25, -0.2) is 4.79 Å². The number of aryl methyl sites for hydroxylation is 1. The SMILES string of the molecule is CC1CCC(NC(=O)COC(=O)CCn2c(=O)oc3ccccc32)CC1. The Hall–Kier alpha value is -2.57. The topological polar surface area (TPSA) is 90.5 Å². The fraction of sp³-hybridized carbons (Fsp3) is 0.526. The van der Waals surface area contributed by atoms with Crippen LogP contribution in [0.15, 0.2) is 33.5 Å². The van der Waals surface area contributed by atoms with Gasteiger partial charge in [0.1, 0.15) is 0 Å². The number of fused-ring (bicyclic) bond motifs is 1. The van der Waals surface area contributed by atoms with Crippen LogP contribution in [0.1, 0.15) is 39.0 Å². The van der Waals surface area contributed by atoms with E-state index in [1.54, 1.807) is 24.3 Å². The van der Waals surface area contributed by atoms with Crippen molar-refractivity contribution >= 4 is 23.0 Å². The summed E-state index contributed by atoms with van der Waals surface area (Å²) in [4.78, 5) is 35.6. The molecule has 0 saturated heterocycles. The molecule has 0 aliphatic heterocycles. The van der Waals surface area contributed by atoms with Gasteiger partial charge >= 0.3 is 11.7 Å². The Labute approximate surface area is 151 Å². The van der Waals surface area contributed by atoms with Crippen LogP contribution in [-0.4, -0.2) is 29.1 Å². The van der Waals surface area contributed by atoms with Gasteiger partial charge in [0.05, 0.1) is 11.9 Å². The van der Waals surface area contributed by atoms with Crippen molar-refractivity contribution in [3.63, 3.8) is 0 Å². The average Bonchev–Trinajstić information content (AvgIpc) is 2.95. The van der Waals surface area contributed by atoms with Crippen molar-refractivity contribution in [1.29, 1.82) is 0 Å². The van der Waals surface area contributed by atoms with Gasteiger partial charge in [-0.3, -0.25) is 14.2 Å². The highest BCUT2D eigenvalue weighted by Gasteiger charge is 2.20. The van der Waals surface area contributed by atoms with E-state index in [1.165, 1.54) is 4.57 Å². The number of aromatic nitrogens is 1. The van der Waals surface area contributed by atoms with Crippen molar-refractivity contribution in [2.24, 2.45) is 5.92 Å². The van der Waals surface area contributed by atoms with Crippen LogP contribution in [0.5, 0.6) is 0 Å². The Morgan fingerprint density at radius 1 is 1.23 bits per heavy atom. The van der Waals surface area contributed by atoms with Crippen molar-refractivity contribution in [1.82, 2.24) is 9.88 Å². The minimum atomic E-state index is -0.519. The zero-order valence-corrected chi connectivity index (χ0v) is 14.9. The number of rotatable bonds is 6. The maximum Gasteiger partial charge on any atom is 0.419 e. The van der Waals surface area contributed by atoms with Gasteiger partial charge < -0.3 is 14.5 Å². The number of hydrogen-bond donors (Lipinski definition) is 1. The lowest BCUT2D eigenvalue weighted by molar-refractivity contribution is -0.149. The number of para-hydroxylation sites is 2. The van der Waals surface area contributed by atoms with E-state index in [1.807, 2.05) is 0 Å². The molecule has 0 radical (unpaired) electrons. The standard InChI is InChI=1S/C19H24N2O5/c1-13-6-8-14(9-7-13)20-17(22)12-25-18(23)10-11-21-15-4-2-3-5-16(15)26-19(21)24/h2-5,13-14H,6-12H2,1H3,(H,20,22). The Morgan fingerprint density at radius 2 is 1.96 bits per heavy atom. The maximum atomic E-state index is 11.9. The molecule has 26 heavy (non-hydrogen) atoms. The van der Waals surface area contributed by atoms with Gasteiger partial charge in [-0.15, -0.1) is 0 Å². The number of carbonyl (C=O) groups is 2. The second-order valence-corrected chi connectivity index (χ2v) is 6.92. The van der Waals surface area contributed by atoms with Crippen LogP contribution >= 0.6 is 0 Å². The average molecular weight is 360 g/mol. The van der Waals surface area contributed by atoms with Crippen molar-refractivity contribution in [3.05, 3.63) is 34.8 Å². The lowest BCUT2D eigenvalue weighted by Gasteiger charge is -2.26. The second-order valence-electron chi connectivity index (χ2n) is 6.92. The molecule has 1 heterocycles. The van der Waals surface area contributed by atoms with Gasteiger partial charge in [0, 0.05) is 12.6 Å². The molecule has 0 atom stereocenters. The van der Waals surface area contributed by atoms with E-state index < -0.39 is 11.7 Å². The highest BCUT2D eigenvalue weighted by atomic mass is 16.5. The number of nitrogens with one attached hydrogen (secondary N) is 1. The van der Waals surface area contributed by atoms with Crippen LogP contribution in [0.2, 0.25) is 0 Å². The molecular formula is C19H24N2O5. The molecule has 7 heteroatoms. The van der Waals surface area contributed by atoms with Gasteiger partial charge in [0.25, 0.3) is 5.91 Å². The van der Waals surface area contributed by atoms with Crippen LogP contribution in [0, 0.1) is 5.92 Å². The summed E-state index contributed by atoms with van der Waals surface area (Å²) in [7, 11) is 0. The zero-order valence-electron chi connectivity index (χ0n) is 14.9. The van der Waals surface area contributed by atoms with Gasteiger partial charge in [-0.1, -0.05) is 19.1 Å². The molecule has 7 nitrogen and oxygen atoms in total. The molecule has 1 aromatic carbocycles. The molecular weight excluding hydrogens is 336 g/mol. The third-order valence-corrected chi connectivity index (χ3v) is 4.86. The lowest BCUT2D eigenvalue weighted by Crippen LogP contribution is -2.39. The Bertz CT molecular complexity index is 830. The summed E-state index contributed by atoms with van der Waals surface area (Å²) in [5.41, 5.74) is 1.11. The van der Waals surface area contributed by atoms with E-state index in [0.29, 0.717) is 17.0 Å². The molecule has 0 unspecified atom stereocenters. The van der Waals surface area contributed by atoms with E-state index in [0.717, 1.165) is 25.7 Å². The molecule has 0 bridgehead atoms. The minimum absolute atomic E-state index is 0.00232. The molecule has 3 rings (SSSR count). The van der Waals surface area contributed by atoms with Gasteiger partial charge in [-0.2, -0.15) is 0 Å². The van der Waals surface area contributed by atoms with Crippen molar-refractivity contribution < 1.29 is 18.7 Å². The number of oxazole rings is 1. The molecule has 1 N–H and O–H groups in total. The predicted octanol–water partition coefficient (Wildman–Crippen LogP) is 2.22. The van der Waals surface area contributed by atoms with Crippen LogP contribution < -0.4 is 11.1 Å². The smallest absolute Gasteiger partial charge is 0.419 e. The fourth-order valence-electron chi connectivity index (χ4n) is 3.32. The summed E-state index contributed by atoms with van der Waals surface area (Å²) in [6, 6.07) is 7.19. The van der Waals surface area contributed by atoms with E-state index in [-0.39, 0.29) is 31.5 Å². The van der Waals surface area contributed by atoms with Crippen LogP contribution in [0.25, 0.3) is 11.1 Å². The number of ether oxygens (including phenoxy) is 1. The number of carbonyl (C=O) groups excluding carboxylic acids is 2. The highest BCUT2D eigenvalue weighted by Crippen LogP contribution is 2.23. The molecule has 1 aromatic heterocycles. The zero-order chi connectivity index (χ0) is 18.5. The first-order valence-electron chi connectivity index (χ1n) is 9.06. The Kier molecular flexibility index (Phi) is 5.75. The largest absolute Gasteiger partial charge is 0.456 e. The molecule has 1 fully saturated rings. The van der Waals surface area contributed by atoms with Gasteiger partial charge in [0.2, 0.25) is 0 Å². The molecule has 2 aromatic rings. The van der Waals surface area contributed by atoms with E-state index in [4.69, 9.17) is 9.15 Å². The lowest BCUT2D eigenvalue weighted by atomic mass is 9.87. The monoisotopic (exact) mass is 360 g/mol. The molecule has 1 saturated carbocycles. The van der Waals surface area contributed by atoms with E-state index >= 15 is 0 Å². The summed E-state index contributed by atoms with van der Waals surface area (Å²) in [6.45, 7) is 2.08. The summed E-state index contributed by atoms with van der Waals surface area (Å²) in [5.74, 6) is -0.593. The van der Waals surface area contributed by atoms with Crippen LogP contribution in [-0.2, 0) is 20.9 Å². The van der Waals surface area contributed by atoms with Crippen LogP contribution in [0.4, 0.5) is 0 Å². The maximum absolute atomic E-state index is 11.9. The van der Waals surface area contributed by atoms with Crippen molar-refractivity contribution in [2.45, 2.75) is 51.6 Å². The van der Waals surface area contributed by atoms with E-state index in [9.17, 15) is 14.4 Å². The summed E-state index contributed by atoms with van der Waals surface area (Å²) < 4.78 is 11.5. The third-order valence-electron chi connectivity index (χ3n) is 4.86. The van der Waals surface area contributed by atoms with E-state index in [2.05, 4.69) is 12.2 Å². The summed E-state index contributed by atoms with van der Waals surface area (Å²) in [5, 5.41) is 2.91. The molecule has 0 spiro atoms. The highest BCUT2D eigenvalue weighted by molar-refractivity contribution is 5.80. The first-order chi connectivity index (χ1) is 12.5. The summed E-state index contributed by atoms with van der Waals surface area (Å²) in [6.07, 6.45) is 4.16. The number of hydrogen-bond acceptors (Lipinski definition) is 5. The van der Waals surface area contributed by atoms with Crippen LogP contribution in [0.3, 0.4) is 0 Å². The third kappa shape index (κ3) is 4.53. The second kappa shape index (κ2) is 8.21. The normalized spacial score (nSPS) is 20.0. The number of amides is 1. The van der Waals surface area contributed by atoms with Crippen molar-refractivity contribution in [3.8, 4) is 0 Å². The first-order valence-corrected chi connectivity index (χ1v) is 9.06.